The van der Waals surface area contributed by atoms with Crippen molar-refractivity contribution < 1.29 is 18.0 Å². The summed E-state index contributed by atoms with van der Waals surface area (Å²) >= 11 is 5.39. The molecule has 0 atom stereocenters. The molecular formula is C10H5ClF3NO. The van der Waals surface area contributed by atoms with Gasteiger partial charge in [-0.25, -0.2) is 0 Å². The lowest BCUT2D eigenvalue weighted by molar-refractivity contribution is -0.137. The third-order valence-corrected chi connectivity index (χ3v) is 2.23. The molecule has 0 aliphatic heterocycles. The summed E-state index contributed by atoms with van der Waals surface area (Å²) in [5, 5.41) is 8.05. The average Bonchev–Trinajstić information content (AvgIpc) is 2.14. The monoisotopic (exact) mass is 247 g/mol. The van der Waals surface area contributed by atoms with Gasteiger partial charge in [-0.15, -0.1) is 0 Å². The van der Waals surface area contributed by atoms with Gasteiger partial charge in [0.05, 0.1) is 22.2 Å². The van der Waals surface area contributed by atoms with Crippen LogP contribution in [0.15, 0.2) is 12.1 Å². The molecule has 6 heteroatoms. The molecule has 0 aromatic heterocycles. The van der Waals surface area contributed by atoms with E-state index in [2.05, 4.69) is 0 Å². The number of rotatable bonds is 1. The van der Waals surface area contributed by atoms with Crippen LogP contribution in [-0.2, 0) is 6.18 Å². The summed E-state index contributed by atoms with van der Waals surface area (Å²) in [4.78, 5) is 11.1. The molecule has 0 unspecified atom stereocenters. The van der Waals surface area contributed by atoms with Crippen molar-refractivity contribution in [1.82, 2.24) is 0 Å². The molecule has 16 heavy (non-hydrogen) atoms. The van der Waals surface area contributed by atoms with Gasteiger partial charge in [-0.05, 0) is 19.1 Å². The first-order valence-corrected chi connectivity index (χ1v) is 4.47. The van der Waals surface area contributed by atoms with Gasteiger partial charge in [0.25, 0.3) is 0 Å². The van der Waals surface area contributed by atoms with E-state index in [4.69, 9.17) is 16.9 Å². The Labute approximate surface area is 94.2 Å². The summed E-state index contributed by atoms with van der Waals surface area (Å²) < 4.78 is 37.3. The predicted octanol–water partition coefficient (Wildman–Crippen LogP) is 3.43. The summed E-state index contributed by atoms with van der Waals surface area (Å²) in [6.45, 7) is 1.09. The Morgan fingerprint density at radius 1 is 1.44 bits per heavy atom. The molecule has 0 heterocycles. The van der Waals surface area contributed by atoms with E-state index < -0.39 is 22.5 Å². The fourth-order valence-corrected chi connectivity index (χ4v) is 1.45. The topological polar surface area (TPSA) is 40.9 Å². The number of halogens is 4. The molecule has 0 N–H and O–H groups in total. The number of nitrogens with zero attached hydrogens (tertiary/aromatic N) is 1. The van der Waals surface area contributed by atoms with Crippen molar-refractivity contribution in [3.05, 3.63) is 33.8 Å². The normalized spacial score (nSPS) is 11.0. The summed E-state index contributed by atoms with van der Waals surface area (Å²) in [5.74, 6) is -0.612. The zero-order valence-corrected chi connectivity index (χ0v) is 8.78. The van der Waals surface area contributed by atoms with Gasteiger partial charge in [0.2, 0.25) is 0 Å². The maximum absolute atomic E-state index is 12.4. The zero-order chi connectivity index (χ0) is 12.5. The molecule has 0 amide bonds. The fraction of sp³-hybridized carbons (Fsp3) is 0.200. The highest BCUT2D eigenvalue weighted by molar-refractivity contribution is 6.31. The first-order chi connectivity index (χ1) is 7.27. The molecule has 2 nitrogen and oxygen atoms in total. The highest BCUT2D eigenvalue weighted by Crippen LogP contribution is 2.36. The van der Waals surface area contributed by atoms with E-state index in [0.29, 0.717) is 6.07 Å². The largest absolute Gasteiger partial charge is 0.417 e. The van der Waals surface area contributed by atoms with Gasteiger partial charge in [-0.2, -0.15) is 18.4 Å². The quantitative estimate of drug-likeness (QED) is 0.714. The minimum Gasteiger partial charge on any atom is -0.294 e. The number of hydrogen-bond donors (Lipinski definition) is 0. The second-order valence-electron chi connectivity index (χ2n) is 3.04. The van der Waals surface area contributed by atoms with Gasteiger partial charge in [0, 0.05) is 5.56 Å². The third kappa shape index (κ3) is 2.34. The van der Waals surface area contributed by atoms with E-state index in [1.54, 1.807) is 6.07 Å². The molecule has 84 valence electrons. The van der Waals surface area contributed by atoms with Crippen molar-refractivity contribution in [2.75, 3.05) is 0 Å². The van der Waals surface area contributed by atoms with Crippen molar-refractivity contribution in [1.29, 1.82) is 5.26 Å². The van der Waals surface area contributed by atoms with Crippen LogP contribution in [0.1, 0.15) is 28.4 Å². The average molecular weight is 248 g/mol. The van der Waals surface area contributed by atoms with E-state index in [1.165, 1.54) is 0 Å². The van der Waals surface area contributed by atoms with Crippen LogP contribution in [0, 0.1) is 11.3 Å². The Balaban J connectivity index is 3.53. The second-order valence-corrected chi connectivity index (χ2v) is 3.45. The number of ketones is 1. The van der Waals surface area contributed by atoms with Crippen molar-refractivity contribution in [3.8, 4) is 6.07 Å². The summed E-state index contributed by atoms with van der Waals surface area (Å²) in [6, 6.07) is 3.07. The van der Waals surface area contributed by atoms with Gasteiger partial charge in [-0.3, -0.25) is 4.79 Å². The first kappa shape index (κ1) is 12.5. The number of hydrogen-bond acceptors (Lipinski definition) is 2. The van der Waals surface area contributed by atoms with Gasteiger partial charge >= 0.3 is 6.18 Å². The minimum absolute atomic E-state index is 0.162. The molecule has 1 aromatic carbocycles. The number of carbonyl (C=O) groups is 1. The van der Waals surface area contributed by atoms with Crippen LogP contribution < -0.4 is 0 Å². The molecule has 0 aliphatic rings. The maximum Gasteiger partial charge on any atom is 0.417 e. The molecule has 0 radical (unpaired) electrons. The van der Waals surface area contributed by atoms with Crippen LogP contribution in [0.25, 0.3) is 0 Å². The summed E-state index contributed by atoms with van der Waals surface area (Å²) in [5.41, 5.74) is -1.55. The molecule has 1 rings (SSSR count). The lowest BCUT2D eigenvalue weighted by Gasteiger charge is -2.10. The predicted molar refractivity (Wildman–Crippen MR) is 51.2 cm³/mol. The van der Waals surface area contributed by atoms with Crippen LogP contribution in [-0.4, -0.2) is 5.78 Å². The lowest BCUT2D eigenvalue weighted by atomic mass is 10.0. The minimum atomic E-state index is -4.64. The smallest absolute Gasteiger partial charge is 0.294 e. The van der Waals surface area contributed by atoms with Crippen LogP contribution in [0.2, 0.25) is 5.02 Å². The summed E-state index contributed by atoms with van der Waals surface area (Å²) in [6.07, 6.45) is -4.64. The van der Waals surface area contributed by atoms with Gasteiger partial charge < -0.3 is 0 Å². The first-order valence-electron chi connectivity index (χ1n) is 4.09. The molecule has 1 aromatic rings. The fourth-order valence-electron chi connectivity index (χ4n) is 1.17. The van der Waals surface area contributed by atoms with Crippen LogP contribution >= 0.6 is 11.6 Å². The van der Waals surface area contributed by atoms with Crippen LogP contribution in [0.4, 0.5) is 13.2 Å². The maximum atomic E-state index is 12.4. The zero-order valence-electron chi connectivity index (χ0n) is 8.02. The molecule has 0 fully saturated rings. The Morgan fingerprint density at radius 3 is 2.38 bits per heavy atom. The second kappa shape index (κ2) is 4.14. The van der Waals surface area contributed by atoms with E-state index in [9.17, 15) is 18.0 Å². The molecule has 0 aliphatic carbocycles. The Hall–Kier alpha value is -1.54. The van der Waals surface area contributed by atoms with E-state index >= 15 is 0 Å². The van der Waals surface area contributed by atoms with Crippen molar-refractivity contribution in [3.63, 3.8) is 0 Å². The Kier molecular flexibility index (Phi) is 3.24. The molecule has 0 saturated carbocycles. The number of benzene rings is 1. The molecule has 0 bridgehead atoms. The molecular weight excluding hydrogens is 243 g/mol. The van der Waals surface area contributed by atoms with E-state index in [0.717, 1.165) is 13.0 Å². The Morgan fingerprint density at radius 2 is 2.00 bits per heavy atom. The van der Waals surface area contributed by atoms with Gasteiger partial charge in [0.15, 0.2) is 5.78 Å². The molecule has 0 spiro atoms. The lowest BCUT2D eigenvalue weighted by Crippen LogP contribution is -2.09. The highest BCUT2D eigenvalue weighted by atomic mass is 35.5. The van der Waals surface area contributed by atoms with Crippen molar-refractivity contribution >= 4 is 17.4 Å². The number of alkyl halides is 3. The van der Waals surface area contributed by atoms with Crippen LogP contribution in [0.5, 0.6) is 0 Å². The number of carbonyl (C=O) groups excluding carboxylic acids is 1. The summed E-state index contributed by atoms with van der Waals surface area (Å²) in [7, 11) is 0. The van der Waals surface area contributed by atoms with Gasteiger partial charge in [-0.1, -0.05) is 11.6 Å². The third-order valence-electron chi connectivity index (χ3n) is 1.91. The van der Waals surface area contributed by atoms with Crippen molar-refractivity contribution in [2.24, 2.45) is 0 Å². The van der Waals surface area contributed by atoms with Crippen LogP contribution in [0.3, 0.4) is 0 Å². The number of nitriles is 1. The van der Waals surface area contributed by atoms with Gasteiger partial charge in [0.1, 0.15) is 0 Å². The van der Waals surface area contributed by atoms with Crippen molar-refractivity contribution in [2.45, 2.75) is 13.1 Å². The molecule has 0 saturated heterocycles. The van der Waals surface area contributed by atoms with E-state index in [-0.39, 0.29) is 11.1 Å². The standard InChI is InChI=1S/C10H5ClF3NO/c1-5(16)7-3-8(10(12,13)14)9(11)2-6(7)4-15/h2-3H,1H3. The number of Topliss-reactive ketones (excluding diaryl/α,β-unsaturated/α-hetero) is 1. The van der Waals surface area contributed by atoms with E-state index in [1.807, 2.05) is 0 Å². The Bertz CT molecular complexity index is 488. The SMILES string of the molecule is CC(=O)c1cc(C(F)(F)F)c(Cl)cc1C#N. The highest BCUT2D eigenvalue weighted by Gasteiger charge is 2.34.